The van der Waals surface area contributed by atoms with Crippen molar-refractivity contribution in [3.63, 3.8) is 0 Å². The van der Waals surface area contributed by atoms with Gasteiger partial charge < -0.3 is 14.2 Å². The van der Waals surface area contributed by atoms with E-state index in [1.807, 2.05) is 0 Å². The minimum atomic E-state index is -0.760. The molecule has 0 bridgehead atoms. The Hall–Kier alpha value is -1.59. The maximum absolute atomic E-state index is 12.8. The molecule has 0 aliphatic carbocycles. The smallest absolute Gasteiger partial charge is 0.306 e. The second-order valence-corrected chi connectivity index (χ2v) is 22.1. The third-order valence-corrected chi connectivity index (χ3v) is 14.9. The van der Waals surface area contributed by atoms with E-state index in [9.17, 15) is 14.4 Å². The topological polar surface area (TPSA) is 78.9 Å². The Morgan fingerprint density at radius 1 is 0.229 bits per heavy atom. The van der Waals surface area contributed by atoms with Crippen molar-refractivity contribution >= 4 is 17.9 Å². The second kappa shape index (κ2) is 60.0. The molecule has 416 valence electrons. The summed E-state index contributed by atoms with van der Waals surface area (Å²) in [6.07, 6.45) is 68.8. The van der Waals surface area contributed by atoms with Crippen molar-refractivity contribution in [2.24, 2.45) is 0 Å². The molecule has 0 heterocycles. The maximum Gasteiger partial charge on any atom is 0.306 e. The molecule has 1 atom stereocenters. The summed E-state index contributed by atoms with van der Waals surface area (Å²) in [5.41, 5.74) is 0. The molecule has 0 spiro atoms. The van der Waals surface area contributed by atoms with E-state index in [-0.39, 0.29) is 31.1 Å². The number of hydrogen-bond donors (Lipinski definition) is 0. The summed E-state index contributed by atoms with van der Waals surface area (Å²) in [6.45, 7) is 6.65. The third-order valence-electron chi connectivity index (χ3n) is 14.9. The molecule has 0 radical (unpaired) electrons. The van der Waals surface area contributed by atoms with Crippen LogP contribution in [0.3, 0.4) is 0 Å². The molecule has 0 saturated heterocycles. The van der Waals surface area contributed by atoms with E-state index in [4.69, 9.17) is 14.2 Å². The molecule has 0 aliphatic rings. The lowest BCUT2D eigenvalue weighted by Crippen LogP contribution is -2.30. The van der Waals surface area contributed by atoms with Gasteiger partial charge in [0.15, 0.2) is 6.10 Å². The first-order chi connectivity index (χ1) is 34.5. The SMILES string of the molecule is CCCCCCCCCCCCCCCCCCCCCCCCCCCCCCCCCC(=O)OCC(COC(=O)CCCCCCCC)OC(=O)CCCCCCCCCCCCCCCCC. The average molecular weight is 990 g/mol. The lowest BCUT2D eigenvalue weighted by Gasteiger charge is -2.18. The Morgan fingerprint density at radius 2 is 0.386 bits per heavy atom. The van der Waals surface area contributed by atoms with Gasteiger partial charge in [0.1, 0.15) is 13.2 Å². The number of carbonyl (C=O) groups is 3. The number of rotatable bonds is 60. The van der Waals surface area contributed by atoms with Crippen LogP contribution in [0.1, 0.15) is 374 Å². The largest absolute Gasteiger partial charge is 0.462 e. The standard InChI is InChI=1S/C64H124O6/c1-4-7-10-13-16-18-20-22-24-25-26-27-28-29-30-31-32-33-34-35-36-37-38-39-41-42-44-46-48-51-54-57-63(66)69-60-61(59-68-62(65)56-53-50-15-12-9-6-3)70-64(67)58-55-52-49-47-45-43-40-23-21-19-17-14-11-8-5-2/h61H,4-60H2,1-3H3. The first kappa shape index (κ1) is 68.4. The van der Waals surface area contributed by atoms with Crippen molar-refractivity contribution in [2.75, 3.05) is 13.2 Å². The number of carbonyl (C=O) groups excluding carboxylic acids is 3. The van der Waals surface area contributed by atoms with Gasteiger partial charge in [-0.25, -0.2) is 0 Å². The molecular formula is C64H124O6. The Kier molecular flexibility index (Phi) is 58.6. The maximum atomic E-state index is 12.8. The van der Waals surface area contributed by atoms with Crippen molar-refractivity contribution in [2.45, 2.75) is 380 Å². The summed E-state index contributed by atoms with van der Waals surface area (Å²) in [7, 11) is 0. The molecule has 0 aromatic carbocycles. The van der Waals surface area contributed by atoms with Gasteiger partial charge in [0, 0.05) is 19.3 Å². The average Bonchev–Trinajstić information content (AvgIpc) is 3.36. The molecule has 0 N–H and O–H groups in total. The fourth-order valence-corrected chi connectivity index (χ4v) is 10.0. The highest BCUT2D eigenvalue weighted by molar-refractivity contribution is 5.71. The van der Waals surface area contributed by atoms with Gasteiger partial charge in [-0.2, -0.15) is 0 Å². The van der Waals surface area contributed by atoms with E-state index in [0.29, 0.717) is 19.3 Å². The Labute approximate surface area is 438 Å². The van der Waals surface area contributed by atoms with Crippen LogP contribution in [0.25, 0.3) is 0 Å². The van der Waals surface area contributed by atoms with Gasteiger partial charge in [-0.3, -0.25) is 14.4 Å². The molecule has 6 heteroatoms. The first-order valence-electron chi connectivity index (χ1n) is 32.0. The van der Waals surface area contributed by atoms with Gasteiger partial charge in [0.05, 0.1) is 0 Å². The van der Waals surface area contributed by atoms with Crippen LogP contribution in [0.5, 0.6) is 0 Å². The molecule has 0 rings (SSSR count). The van der Waals surface area contributed by atoms with Crippen LogP contribution in [0.2, 0.25) is 0 Å². The number of ether oxygens (including phenoxy) is 3. The third kappa shape index (κ3) is 57.3. The summed E-state index contributed by atoms with van der Waals surface area (Å²) in [6, 6.07) is 0. The molecule has 0 aromatic rings. The zero-order valence-corrected chi connectivity index (χ0v) is 47.8. The Bertz CT molecular complexity index is 1040. The van der Waals surface area contributed by atoms with Crippen molar-refractivity contribution in [1.82, 2.24) is 0 Å². The number of unbranched alkanes of at least 4 members (excludes halogenated alkanes) is 49. The molecule has 0 amide bonds. The van der Waals surface area contributed by atoms with Gasteiger partial charge in [-0.1, -0.05) is 335 Å². The van der Waals surface area contributed by atoms with Crippen LogP contribution in [-0.2, 0) is 28.6 Å². The summed E-state index contributed by atoms with van der Waals surface area (Å²) < 4.78 is 16.8. The van der Waals surface area contributed by atoms with Crippen LogP contribution in [0.4, 0.5) is 0 Å². The van der Waals surface area contributed by atoms with Crippen molar-refractivity contribution in [1.29, 1.82) is 0 Å². The first-order valence-corrected chi connectivity index (χ1v) is 32.0. The van der Waals surface area contributed by atoms with Crippen LogP contribution in [0, 0.1) is 0 Å². The predicted molar refractivity (Wildman–Crippen MR) is 303 cm³/mol. The van der Waals surface area contributed by atoms with E-state index in [2.05, 4.69) is 20.8 Å². The van der Waals surface area contributed by atoms with Crippen LogP contribution >= 0.6 is 0 Å². The number of esters is 3. The highest BCUT2D eigenvalue weighted by Crippen LogP contribution is 2.19. The highest BCUT2D eigenvalue weighted by Gasteiger charge is 2.19. The normalized spacial score (nSPS) is 11.9. The Morgan fingerprint density at radius 3 is 0.571 bits per heavy atom. The van der Waals surface area contributed by atoms with Gasteiger partial charge in [0.25, 0.3) is 0 Å². The van der Waals surface area contributed by atoms with E-state index >= 15 is 0 Å². The molecule has 6 nitrogen and oxygen atoms in total. The van der Waals surface area contributed by atoms with Gasteiger partial charge >= 0.3 is 17.9 Å². The van der Waals surface area contributed by atoms with Crippen LogP contribution < -0.4 is 0 Å². The van der Waals surface area contributed by atoms with E-state index in [1.54, 1.807) is 0 Å². The highest BCUT2D eigenvalue weighted by atomic mass is 16.6. The summed E-state index contributed by atoms with van der Waals surface area (Å²) >= 11 is 0. The Balaban J connectivity index is 3.90. The number of hydrogen-bond acceptors (Lipinski definition) is 6. The van der Waals surface area contributed by atoms with Crippen molar-refractivity contribution in [3.05, 3.63) is 0 Å². The fraction of sp³-hybridized carbons (Fsp3) is 0.953. The fourth-order valence-electron chi connectivity index (χ4n) is 10.0. The zero-order valence-electron chi connectivity index (χ0n) is 47.8. The molecule has 0 aliphatic heterocycles. The lowest BCUT2D eigenvalue weighted by molar-refractivity contribution is -0.167. The monoisotopic (exact) mass is 989 g/mol. The molecule has 0 fully saturated rings. The van der Waals surface area contributed by atoms with Gasteiger partial charge in [-0.05, 0) is 19.3 Å². The zero-order chi connectivity index (χ0) is 50.7. The molecule has 70 heavy (non-hydrogen) atoms. The van der Waals surface area contributed by atoms with E-state index in [0.717, 1.165) is 57.8 Å². The minimum absolute atomic E-state index is 0.0622. The molecule has 0 saturated carbocycles. The van der Waals surface area contributed by atoms with Crippen LogP contribution in [0.15, 0.2) is 0 Å². The molecular weight excluding hydrogens is 865 g/mol. The summed E-state index contributed by atoms with van der Waals surface area (Å²) in [5.74, 6) is -0.845. The molecule has 1 unspecified atom stereocenters. The van der Waals surface area contributed by atoms with Crippen molar-refractivity contribution in [3.8, 4) is 0 Å². The minimum Gasteiger partial charge on any atom is -0.462 e. The van der Waals surface area contributed by atoms with E-state index in [1.165, 1.54) is 276 Å². The summed E-state index contributed by atoms with van der Waals surface area (Å²) in [4.78, 5) is 37.9. The van der Waals surface area contributed by atoms with Gasteiger partial charge in [0.2, 0.25) is 0 Å². The van der Waals surface area contributed by atoms with E-state index < -0.39 is 6.10 Å². The predicted octanol–water partition coefficient (Wildman–Crippen LogP) is 21.5. The summed E-state index contributed by atoms with van der Waals surface area (Å²) in [5, 5.41) is 0. The lowest BCUT2D eigenvalue weighted by atomic mass is 10.0. The van der Waals surface area contributed by atoms with Gasteiger partial charge in [-0.15, -0.1) is 0 Å². The molecule has 0 aromatic heterocycles. The second-order valence-electron chi connectivity index (χ2n) is 22.1. The quantitative estimate of drug-likeness (QED) is 0.0343. The van der Waals surface area contributed by atoms with Crippen molar-refractivity contribution < 1.29 is 28.6 Å². The van der Waals surface area contributed by atoms with Crippen LogP contribution in [-0.4, -0.2) is 37.2 Å².